The molecule has 0 atom stereocenters. The monoisotopic (exact) mass is 359 g/mol. The molecule has 9 heteroatoms. The summed E-state index contributed by atoms with van der Waals surface area (Å²) in [7, 11) is 6.16. The zero-order valence-corrected chi connectivity index (χ0v) is 14.2. The van der Waals surface area contributed by atoms with Crippen LogP contribution >= 0.6 is 34.8 Å². The van der Waals surface area contributed by atoms with Crippen molar-refractivity contribution in [3.8, 4) is 5.88 Å². The van der Waals surface area contributed by atoms with E-state index in [2.05, 4.69) is 26.1 Å². The molecule has 1 rings (SSSR count). The molecule has 0 spiro atoms. The van der Waals surface area contributed by atoms with Crippen LogP contribution in [0.2, 0.25) is 15.2 Å². The first kappa shape index (κ1) is 20.2. The predicted molar refractivity (Wildman–Crippen MR) is 82.4 cm³/mol. The average Bonchev–Trinajstić information content (AvgIpc) is 2.31. The van der Waals surface area contributed by atoms with Gasteiger partial charge in [0.15, 0.2) is 11.8 Å². The Kier molecular flexibility index (Phi) is 8.92. The number of likely N-dealkylation sites (N-methyl/N-ethyl adjacent to an activating group) is 1. The van der Waals surface area contributed by atoms with Crippen LogP contribution in [0.4, 0.5) is 0 Å². The summed E-state index contributed by atoms with van der Waals surface area (Å²) in [5.74, 6) is -1.18. The van der Waals surface area contributed by atoms with E-state index < -0.39 is 12.6 Å². The number of aliphatic hydroxyl groups is 1. The van der Waals surface area contributed by atoms with Gasteiger partial charge in [0.25, 0.3) is 0 Å². The van der Waals surface area contributed by atoms with Crippen molar-refractivity contribution in [1.29, 1.82) is 0 Å². The first-order valence-electron chi connectivity index (χ1n) is 5.84. The maximum absolute atomic E-state index is 10.2. The normalized spacial score (nSPS) is 10.6. The topological polar surface area (TPSA) is 79.7 Å². The van der Waals surface area contributed by atoms with Gasteiger partial charge in [-0.15, -0.1) is 0 Å². The minimum atomic E-state index is -1.13. The molecule has 1 heterocycles. The summed E-state index contributed by atoms with van der Waals surface area (Å²) < 4.78 is 5.59. The van der Waals surface area contributed by atoms with Gasteiger partial charge in [0.2, 0.25) is 5.88 Å². The summed E-state index contributed by atoms with van der Waals surface area (Å²) in [5, 5.41) is 17.0. The lowest BCUT2D eigenvalue weighted by Gasteiger charge is -2.21. The Bertz CT molecular complexity index is 478. The predicted octanol–water partition coefficient (Wildman–Crippen LogP) is 2.19. The SMILES string of the molecule is C[N+](C)(C)CCO.O=C(O)COc1nc(Cl)c(Cl)cc1Cl. The van der Waals surface area contributed by atoms with Crippen LogP contribution in [-0.4, -0.2) is 66.6 Å². The quantitative estimate of drug-likeness (QED) is 0.621. The summed E-state index contributed by atoms with van der Waals surface area (Å²) in [5.41, 5.74) is 0. The molecule has 0 radical (unpaired) electrons. The van der Waals surface area contributed by atoms with Gasteiger partial charge >= 0.3 is 5.97 Å². The van der Waals surface area contributed by atoms with Crippen molar-refractivity contribution in [2.24, 2.45) is 0 Å². The number of aliphatic carboxylic acids is 1. The van der Waals surface area contributed by atoms with Crippen LogP contribution in [0.15, 0.2) is 6.07 Å². The standard InChI is InChI=1S/C7H4Cl3NO3.C5H14NO/c8-3-1-4(9)7(11-6(3)10)14-2-5(12)13;1-6(2,3)4-5-7/h1H,2H2,(H,12,13);7H,4-5H2,1-3H3/q;+1. The molecule has 0 fully saturated rings. The number of hydrogen-bond donors (Lipinski definition) is 2. The lowest BCUT2D eigenvalue weighted by atomic mass is 10.5. The van der Waals surface area contributed by atoms with Crippen molar-refractivity contribution in [3.63, 3.8) is 0 Å². The minimum Gasteiger partial charge on any atom is -0.479 e. The maximum atomic E-state index is 10.2. The Morgan fingerprint density at radius 2 is 1.86 bits per heavy atom. The molecule has 0 aliphatic heterocycles. The molecule has 2 N–H and O–H groups in total. The fraction of sp³-hybridized carbons (Fsp3) is 0.500. The third-order valence-electron chi connectivity index (χ3n) is 1.96. The van der Waals surface area contributed by atoms with E-state index >= 15 is 0 Å². The number of hydrogen-bond acceptors (Lipinski definition) is 4. The van der Waals surface area contributed by atoms with E-state index in [1.807, 2.05) is 0 Å². The zero-order valence-electron chi connectivity index (χ0n) is 11.9. The highest BCUT2D eigenvalue weighted by molar-refractivity contribution is 6.42. The Morgan fingerprint density at radius 3 is 2.24 bits per heavy atom. The number of rotatable bonds is 5. The first-order valence-corrected chi connectivity index (χ1v) is 6.97. The number of aliphatic hydroxyl groups excluding tert-OH is 1. The summed E-state index contributed by atoms with van der Waals surface area (Å²) in [4.78, 5) is 13.8. The molecule has 0 saturated carbocycles. The Morgan fingerprint density at radius 1 is 1.29 bits per heavy atom. The third-order valence-corrected chi connectivity index (χ3v) is 2.90. The van der Waals surface area contributed by atoms with Crippen molar-refractivity contribution >= 4 is 40.8 Å². The molecule has 1 aromatic heterocycles. The second-order valence-electron chi connectivity index (χ2n) is 4.97. The Balaban J connectivity index is 0.000000486. The maximum Gasteiger partial charge on any atom is 0.341 e. The molecule has 6 nitrogen and oxygen atoms in total. The number of halogens is 3. The first-order chi connectivity index (χ1) is 9.56. The summed E-state index contributed by atoms with van der Waals surface area (Å²) in [6, 6.07) is 1.33. The molecule has 0 amide bonds. The number of carbonyl (C=O) groups is 1. The van der Waals surface area contributed by atoms with Gasteiger partial charge in [-0.25, -0.2) is 4.79 Å². The molecular formula is C12H18Cl3N2O4+. The molecule has 120 valence electrons. The molecule has 1 aromatic rings. The van der Waals surface area contributed by atoms with E-state index in [1.165, 1.54) is 6.07 Å². The van der Waals surface area contributed by atoms with Crippen LogP contribution in [0.3, 0.4) is 0 Å². The summed E-state index contributed by atoms with van der Waals surface area (Å²) >= 11 is 16.8. The number of aromatic nitrogens is 1. The van der Waals surface area contributed by atoms with E-state index in [1.54, 1.807) is 0 Å². The highest BCUT2D eigenvalue weighted by Gasteiger charge is 2.10. The van der Waals surface area contributed by atoms with Crippen molar-refractivity contribution in [2.75, 3.05) is 40.9 Å². The van der Waals surface area contributed by atoms with Gasteiger partial charge in [0.1, 0.15) is 11.6 Å². The van der Waals surface area contributed by atoms with Crippen molar-refractivity contribution in [3.05, 3.63) is 21.3 Å². The van der Waals surface area contributed by atoms with Crippen LogP contribution < -0.4 is 4.74 Å². The van der Waals surface area contributed by atoms with Crippen molar-refractivity contribution in [1.82, 2.24) is 4.98 Å². The number of nitrogens with zero attached hydrogens (tertiary/aromatic N) is 2. The lowest BCUT2D eigenvalue weighted by Crippen LogP contribution is -2.36. The van der Waals surface area contributed by atoms with Gasteiger partial charge in [-0.2, -0.15) is 4.98 Å². The smallest absolute Gasteiger partial charge is 0.341 e. The minimum absolute atomic E-state index is 0.0106. The van der Waals surface area contributed by atoms with E-state index in [9.17, 15) is 4.79 Å². The Hall–Kier alpha value is -0.790. The Labute approximate surface area is 138 Å². The van der Waals surface area contributed by atoms with E-state index in [4.69, 9.17) is 49.8 Å². The van der Waals surface area contributed by atoms with Crippen LogP contribution in [0.25, 0.3) is 0 Å². The number of ether oxygens (including phenoxy) is 1. The highest BCUT2D eigenvalue weighted by Crippen LogP contribution is 2.30. The largest absolute Gasteiger partial charge is 0.479 e. The molecule has 0 aromatic carbocycles. The fourth-order valence-electron chi connectivity index (χ4n) is 0.960. The third kappa shape index (κ3) is 9.71. The second kappa shape index (κ2) is 9.27. The van der Waals surface area contributed by atoms with E-state index in [0.717, 1.165) is 11.0 Å². The fourth-order valence-corrected chi connectivity index (χ4v) is 1.50. The molecule has 0 unspecified atom stereocenters. The van der Waals surface area contributed by atoms with Crippen LogP contribution in [-0.2, 0) is 4.79 Å². The highest BCUT2D eigenvalue weighted by atomic mass is 35.5. The van der Waals surface area contributed by atoms with Crippen LogP contribution in [0.5, 0.6) is 5.88 Å². The summed E-state index contributed by atoms with van der Waals surface area (Å²) in [6.07, 6.45) is 0. The van der Waals surface area contributed by atoms with Gasteiger partial charge in [-0.05, 0) is 6.07 Å². The number of quaternary nitrogens is 1. The van der Waals surface area contributed by atoms with Crippen LogP contribution in [0.1, 0.15) is 0 Å². The van der Waals surface area contributed by atoms with Crippen LogP contribution in [0, 0.1) is 0 Å². The van der Waals surface area contributed by atoms with Crippen molar-refractivity contribution < 1.29 is 24.2 Å². The summed E-state index contributed by atoms with van der Waals surface area (Å²) in [6.45, 7) is 0.578. The second-order valence-corrected chi connectivity index (χ2v) is 6.14. The number of pyridine rings is 1. The molecule has 0 aliphatic carbocycles. The van der Waals surface area contributed by atoms with E-state index in [0.29, 0.717) is 0 Å². The molecule has 21 heavy (non-hydrogen) atoms. The lowest BCUT2D eigenvalue weighted by molar-refractivity contribution is -0.870. The van der Waals surface area contributed by atoms with Gasteiger partial charge < -0.3 is 19.4 Å². The van der Waals surface area contributed by atoms with Crippen molar-refractivity contribution in [2.45, 2.75) is 0 Å². The molecule has 0 bridgehead atoms. The molecule has 0 aliphatic rings. The van der Waals surface area contributed by atoms with Gasteiger partial charge in [0, 0.05) is 0 Å². The van der Waals surface area contributed by atoms with Gasteiger partial charge in [0.05, 0.1) is 32.8 Å². The van der Waals surface area contributed by atoms with Gasteiger partial charge in [-0.1, -0.05) is 34.8 Å². The molecular weight excluding hydrogens is 343 g/mol. The van der Waals surface area contributed by atoms with Gasteiger partial charge in [-0.3, -0.25) is 0 Å². The number of carboxylic acids is 1. The zero-order chi connectivity index (χ0) is 16.6. The average molecular weight is 361 g/mol. The molecule has 0 saturated heterocycles. The van der Waals surface area contributed by atoms with E-state index in [-0.39, 0.29) is 27.7 Å². The number of carboxylic acid groups (broad SMARTS) is 1.